The van der Waals surface area contributed by atoms with E-state index in [4.69, 9.17) is 11.6 Å². The van der Waals surface area contributed by atoms with Crippen LogP contribution in [-0.4, -0.2) is 25.0 Å². The molecule has 1 aromatic heterocycles. The zero-order chi connectivity index (χ0) is 18.5. The average molecular weight is 387 g/mol. The molecule has 3 rings (SSSR count). The molecule has 0 aliphatic rings. The van der Waals surface area contributed by atoms with Gasteiger partial charge in [-0.1, -0.05) is 17.7 Å². The van der Waals surface area contributed by atoms with Crippen LogP contribution < -0.4 is 15.5 Å². The summed E-state index contributed by atoms with van der Waals surface area (Å²) in [6, 6.07) is 15.1. The molecule has 26 heavy (non-hydrogen) atoms. The van der Waals surface area contributed by atoms with Crippen LogP contribution in [0.5, 0.6) is 0 Å². The van der Waals surface area contributed by atoms with E-state index in [-0.39, 0.29) is 12.3 Å². The number of nitrogens with zero attached hydrogens (tertiary/aromatic N) is 2. The summed E-state index contributed by atoms with van der Waals surface area (Å²) < 4.78 is 0. The van der Waals surface area contributed by atoms with Gasteiger partial charge in [0.25, 0.3) is 0 Å². The van der Waals surface area contributed by atoms with Gasteiger partial charge in [0.1, 0.15) is 0 Å². The van der Waals surface area contributed by atoms with Gasteiger partial charge < -0.3 is 15.5 Å². The number of thiazole rings is 1. The maximum Gasteiger partial charge on any atom is 0.230 e. The summed E-state index contributed by atoms with van der Waals surface area (Å²) in [7, 11) is 3.95. The predicted molar refractivity (Wildman–Crippen MR) is 110 cm³/mol. The third kappa shape index (κ3) is 4.97. The van der Waals surface area contributed by atoms with Crippen LogP contribution >= 0.6 is 22.9 Å². The monoisotopic (exact) mass is 386 g/mol. The minimum atomic E-state index is -0.0952. The van der Waals surface area contributed by atoms with Crippen molar-refractivity contribution in [2.45, 2.75) is 6.42 Å². The molecule has 0 saturated carbocycles. The molecular weight excluding hydrogens is 368 g/mol. The Morgan fingerprint density at radius 1 is 1.15 bits per heavy atom. The van der Waals surface area contributed by atoms with Crippen molar-refractivity contribution < 1.29 is 4.79 Å². The van der Waals surface area contributed by atoms with Crippen molar-refractivity contribution in [3.63, 3.8) is 0 Å². The second-order valence-corrected chi connectivity index (χ2v) is 7.24. The second-order valence-electron chi connectivity index (χ2n) is 5.95. The van der Waals surface area contributed by atoms with E-state index in [1.165, 1.54) is 11.3 Å². The maximum atomic E-state index is 12.2. The van der Waals surface area contributed by atoms with E-state index in [9.17, 15) is 4.79 Å². The molecule has 0 atom stereocenters. The predicted octanol–water partition coefficient (Wildman–Crippen LogP) is 4.79. The number of rotatable bonds is 6. The highest BCUT2D eigenvalue weighted by Crippen LogP contribution is 2.23. The second kappa shape index (κ2) is 8.21. The van der Waals surface area contributed by atoms with E-state index < -0.39 is 0 Å². The number of anilines is 4. The highest BCUT2D eigenvalue weighted by molar-refractivity contribution is 7.13. The number of hydrogen-bond donors (Lipinski definition) is 2. The molecule has 2 aromatic carbocycles. The number of hydrogen-bond acceptors (Lipinski definition) is 5. The van der Waals surface area contributed by atoms with Crippen molar-refractivity contribution >= 4 is 51.0 Å². The van der Waals surface area contributed by atoms with Crippen molar-refractivity contribution in [3.8, 4) is 0 Å². The van der Waals surface area contributed by atoms with Crippen LogP contribution in [0, 0.1) is 0 Å². The Labute approximate surface area is 161 Å². The molecule has 1 heterocycles. The van der Waals surface area contributed by atoms with E-state index in [0.29, 0.717) is 5.02 Å². The van der Waals surface area contributed by atoms with Crippen molar-refractivity contribution in [2.24, 2.45) is 0 Å². The topological polar surface area (TPSA) is 57.3 Å². The lowest BCUT2D eigenvalue weighted by Gasteiger charge is -2.12. The number of benzene rings is 2. The molecule has 0 spiro atoms. The minimum Gasteiger partial charge on any atom is -0.378 e. The van der Waals surface area contributed by atoms with Gasteiger partial charge in [-0.2, -0.15) is 0 Å². The van der Waals surface area contributed by atoms with Crippen molar-refractivity contribution in [3.05, 3.63) is 64.6 Å². The van der Waals surface area contributed by atoms with Crippen LogP contribution in [0.3, 0.4) is 0 Å². The minimum absolute atomic E-state index is 0.0952. The van der Waals surface area contributed by atoms with Gasteiger partial charge in [0.05, 0.1) is 12.1 Å². The molecule has 3 aromatic rings. The smallest absolute Gasteiger partial charge is 0.230 e. The van der Waals surface area contributed by atoms with Crippen LogP contribution in [0.25, 0.3) is 0 Å². The largest absolute Gasteiger partial charge is 0.378 e. The molecule has 0 unspecified atom stereocenters. The SMILES string of the molecule is CN(C)c1ccc(NC(=O)Cc2csc(Nc3cccc(Cl)c3)n2)cc1. The Morgan fingerprint density at radius 3 is 2.62 bits per heavy atom. The first-order valence-electron chi connectivity index (χ1n) is 8.04. The molecule has 7 heteroatoms. The zero-order valence-electron chi connectivity index (χ0n) is 14.5. The quantitative estimate of drug-likeness (QED) is 0.639. The highest BCUT2D eigenvalue weighted by atomic mass is 35.5. The average Bonchev–Trinajstić information content (AvgIpc) is 3.02. The van der Waals surface area contributed by atoms with Gasteiger partial charge in [-0.3, -0.25) is 4.79 Å². The normalized spacial score (nSPS) is 10.4. The fourth-order valence-corrected chi connectivity index (χ4v) is 3.27. The number of aromatic nitrogens is 1. The van der Waals surface area contributed by atoms with Crippen molar-refractivity contribution in [1.29, 1.82) is 0 Å². The van der Waals surface area contributed by atoms with Crippen LogP contribution in [0.15, 0.2) is 53.9 Å². The summed E-state index contributed by atoms with van der Waals surface area (Å²) in [6.07, 6.45) is 0.225. The summed E-state index contributed by atoms with van der Waals surface area (Å²) in [5.41, 5.74) is 3.44. The van der Waals surface area contributed by atoms with E-state index in [1.54, 1.807) is 0 Å². The molecule has 5 nitrogen and oxygen atoms in total. The molecular formula is C19H19ClN4OS. The molecule has 0 radical (unpaired) electrons. The summed E-state index contributed by atoms with van der Waals surface area (Å²) in [5.74, 6) is -0.0952. The summed E-state index contributed by atoms with van der Waals surface area (Å²) >= 11 is 7.43. The van der Waals surface area contributed by atoms with Gasteiger partial charge in [0.2, 0.25) is 5.91 Å². The van der Waals surface area contributed by atoms with Gasteiger partial charge in [-0.15, -0.1) is 11.3 Å². The molecule has 0 saturated heterocycles. The van der Waals surface area contributed by atoms with Gasteiger partial charge in [0, 0.05) is 41.6 Å². The van der Waals surface area contributed by atoms with Gasteiger partial charge in [0.15, 0.2) is 5.13 Å². The zero-order valence-corrected chi connectivity index (χ0v) is 16.1. The molecule has 134 valence electrons. The van der Waals surface area contributed by atoms with Gasteiger partial charge in [-0.05, 0) is 42.5 Å². The summed E-state index contributed by atoms with van der Waals surface area (Å²) in [4.78, 5) is 18.7. The molecule has 2 N–H and O–H groups in total. The number of halogens is 1. The van der Waals surface area contributed by atoms with E-state index in [2.05, 4.69) is 15.6 Å². The summed E-state index contributed by atoms with van der Waals surface area (Å²) in [5, 5.41) is 9.35. The van der Waals surface area contributed by atoms with Crippen LogP contribution in [-0.2, 0) is 11.2 Å². The molecule has 1 amide bonds. The standard InChI is InChI=1S/C19H19ClN4OS/c1-24(2)17-8-6-14(7-9-17)21-18(25)11-16-12-26-19(23-16)22-15-5-3-4-13(20)10-15/h3-10,12H,11H2,1-2H3,(H,21,25)(H,22,23). The van der Waals surface area contributed by atoms with E-state index >= 15 is 0 Å². The first-order valence-corrected chi connectivity index (χ1v) is 9.29. The van der Waals surface area contributed by atoms with Crippen LogP contribution in [0.1, 0.15) is 5.69 Å². The van der Waals surface area contributed by atoms with Gasteiger partial charge in [-0.25, -0.2) is 4.98 Å². The van der Waals surface area contributed by atoms with E-state index in [1.807, 2.05) is 72.9 Å². The highest BCUT2D eigenvalue weighted by Gasteiger charge is 2.09. The molecule has 0 fully saturated rings. The maximum absolute atomic E-state index is 12.2. The fraction of sp³-hybridized carbons (Fsp3) is 0.158. The fourth-order valence-electron chi connectivity index (χ4n) is 2.35. The van der Waals surface area contributed by atoms with Crippen LogP contribution in [0.4, 0.5) is 22.2 Å². The number of carbonyl (C=O) groups is 1. The first kappa shape index (κ1) is 18.2. The van der Waals surface area contributed by atoms with Crippen molar-refractivity contribution in [2.75, 3.05) is 29.6 Å². The Balaban J connectivity index is 1.57. The molecule has 0 bridgehead atoms. The third-order valence-electron chi connectivity index (χ3n) is 3.64. The van der Waals surface area contributed by atoms with Gasteiger partial charge >= 0.3 is 0 Å². The van der Waals surface area contributed by atoms with Crippen molar-refractivity contribution in [1.82, 2.24) is 4.98 Å². The summed E-state index contributed by atoms with van der Waals surface area (Å²) in [6.45, 7) is 0. The van der Waals surface area contributed by atoms with E-state index in [0.717, 1.165) is 27.9 Å². The Hall–Kier alpha value is -2.57. The van der Waals surface area contributed by atoms with Crippen LogP contribution in [0.2, 0.25) is 5.02 Å². The molecule has 0 aliphatic heterocycles. The lowest BCUT2D eigenvalue weighted by Crippen LogP contribution is -2.15. The third-order valence-corrected chi connectivity index (χ3v) is 4.68. The number of nitrogens with one attached hydrogen (secondary N) is 2. The Kier molecular flexibility index (Phi) is 5.75. The lowest BCUT2D eigenvalue weighted by atomic mass is 10.2. The lowest BCUT2D eigenvalue weighted by molar-refractivity contribution is -0.115. The first-order chi connectivity index (χ1) is 12.5. The number of amides is 1. The Bertz CT molecular complexity index is 893. The molecule has 0 aliphatic carbocycles. The Morgan fingerprint density at radius 2 is 1.92 bits per heavy atom. The number of carbonyl (C=O) groups excluding carboxylic acids is 1.